The van der Waals surface area contributed by atoms with Crippen LogP contribution < -0.4 is 15.8 Å². The lowest BCUT2D eigenvalue weighted by molar-refractivity contribution is 0.0845. The van der Waals surface area contributed by atoms with Crippen LogP contribution in [0.3, 0.4) is 0 Å². The monoisotopic (exact) mass is 480 g/mol. The molecule has 1 aromatic carbocycles. The van der Waals surface area contributed by atoms with Crippen LogP contribution in [-0.4, -0.2) is 54.7 Å². The van der Waals surface area contributed by atoms with Crippen LogP contribution in [0.1, 0.15) is 70.9 Å². The molecule has 0 unspecified atom stereocenters. The fourth-order valence-corrected chi connectivity index (χ4v) is 5.57. The Bertz CT molecular complexity index is 1100. The van der Waals surface area contributed by atoms with Gasteiger partial charge in [0, 0.05) is 61.4 Å². The van der Waals surface area contributed by atoms with Crippen molar-refractivity contribution in [2.24, 2.45) is 0 Å². The molecular formula is C28H40N4O3. The van der Waals surface area contributed by atoms with Crippen LogP contribution in [0.2, 0.25) is 0 Å². The summed E-state index contributed by atoms with van der Waals surface area (Å²) in [7, 11) is 0. The zero-order valence-electron chi connectivity index (χ0n) is 21.7. The zero-order valence-corrected chi connectivity index (χ0v) is 21.7. The average Bonchev–Trinajstić information content (AvgIpc) is 3.34. The third-order valence-electron chi connectivity index (χ3n) is 7.49. The lowest BCUT2D eigenvalue weighted by atomic mass is 9.98. The van der Waals surface area contributed by atoms with Crippen molar-refractivity contribution < 1.29 is 9.53 Å². The number of H-pyrrole nitrogens is 1. The largest absolute Gasteiger partial charge is 0.381 e. The van der Waals surface area contributed by atoms with Gasteiger partial charge >= 0.3 is 0 Å². The molecule has 2 N–H and O–H groups in total. The Labute approximate surface area is 208 Å². The van der Waals surface area contributed by atoms with E-state index in [0.717, 1.165) is 74.7 Å². The lowest BCUT2D eigenvalue weighted by Gasteiger charge is -2.37. The quantitative estimate of drug-likeness (QED) is 0.601. The maximum absolute atomic E-state index is 13.5. The van der Waals surface area contributed by atoms with Crippen molar-refractivity contribution >= 4 is 11.6 Å². The van der Waals surface area contributed by atoms with Gasteiger partial charge in [-0.1, -0.05) is 0 Å². The van der Waals surface area contributed by atoms with E-state index in [0.29, 0.717) is 17.2 Å². The summed E-state index contributed by atoms with van der Waals surface area (Å²) in [6.45, 7) is 13.8. The van der Waals surface area contributed by atoms with Crippen molar-refractivity contribution in [3.8, 4) is 0 Å². The first-order valence-electron chi connectivity index (χ1n) is 13.0. The van der Waals surface area contributed by atoms with Crippen molar-refractivity contribution in [2.75, 3.05) is 37.7 Å². The molecule has 2 aliphatic rings. The van der Waals surface area contributed by atoms with Gasteiger partial charge < -0.3 is 19.9 Å². The molecule has 0 aliphatic carbocycles. The topological polar surface area (TPSA) is 77.7 Å². The van der Waals surface area contributed by atoms with Crippen LogP contribution in [0, 0.1) is 20.8 Å². The lowest BCUT2D eigenvalue weighted by Crippen LogP contribution is -2.40. The fourth-order valence-electron chi connectivity index (χ4n) is 5.57. The third kappa shape index (κ3) is 5.96. The Hall–Kier alpha value is -2.64. The minimum Gasteiger partial charge on any atom is -0.381 e. The highest BCUT2D eigenvalue weighted by Crippen LogP contribution is 2.31. The van der Waals surface area contributed by atoms with Gasteiger partial charge in [0.05, 0.1) is 0 Å². The molecule has 0 spiro atoms. The van der Waals surface area contributed by atoms with E-state index in [4.69, 9.17) is 4.74 Å². The van der Waals surface area contributed by atoms with E-state index in [1.165, 1.54) is 18.4 Å². The van der Waals surface area contributed by atoms with E-state index in [1.807, 2.05) is 19.9 Å². The number of rotatable bonds is 8. The van der Waals surface area contributed by atoms with E-state index < -0.39 is 0 Å². The third-order valence-corrected chi connectivity index (χ3v) is 7.49. The molecule has 190 valence electrons. The number of anilines is 1. The van der Waals surface area contributed by atoms with Gasteiger partial charge in [-0.3, -0.25) is 14.5 Å². The first-order chi connectivity index (χ1) is 16.9. The van der Waals surface area contributed by atoms with Crippen LogP contribution in [0.4, 0.5) is 5.69 Å². The van der Waals surface area contributed by atoms with Crippen LogP contribution in [-0.2, 0) is 17.8 Å². The fraction of sp³-hybridized carbons (Fsp3) is 0.571. The minimum absolute atomic E-state index is 0.130. The molecule has 2 fully saturated rings. The number of nitrogens with one attached hydrogen (secondary N) is 2. The summed E-state index contributed by atoms with van der Waals surface area (Å²) < 4.78 is 5.61. The molecule has 7 heteroatoms. The van der Waals surface area contributed by atoms with E-state index in [2.05, 4.69) is 46.1 Å². The number of amides is 1. The molecule has 2 aliphatic heterocycles. The number of nitrogens with zero attached hydrogens (tertiary/aromatic N) is 2. The number of benzene rings is 1. The summed E-state index contributed by atoms with van der Waals surface area (Å²) in [4.78, 5) is 33.7. The van der Waals surface area contributed by atoms with Gasteiger partial charge in [-0.15, -0.1) is 0 Å². The first kappa shape index (κ1) is 25.5. The number of aromatic nitrogens is 1. The number of hydrogen-bond acceptors (Lipinski definition) is 5. The van der Waals surface area contributed by atoms with Crippen molar-refractivity contribution in [2.45, 2.75) is 72.5 Å². The Morgan fingerprint density at radius 1 is 1.14 bits per heavy atom. The Morgan fingerprint density at radius 2 is 1.86 bits per heavy atom. The van der Waals surface area contributed by atoms with Gasteiger partial charge in [0.2, 0.25) is 0 Å². The van der Waals surface area contributed by atoms with Gasteiger partial charge in [0.1, 0.15) is 0 Å². The van der Waals surface area contributed by atoms with Gasteiger partial charge in [0.15, 0.2) is 0 Å². The molecule has 0 radical (unpaired) electrons. The van der Waals surface area contributed by atoms with Gasteiger partial charge in [0.25, 0.3) is 11.5 Å². The molecular weight excluding hydrogens is 440 g/mol. The van der Waals surface area contributed by atoms with Crippen molar-refractivity contribution in [1.82, 2.24) is 15.2 Å². The molecule has 35 heavy (non-hydrogen) atoms. The number of ether oxygens (including phenoxy) is 1. The predicted octanol–water partition coefficient (Wildman–Crippen LogP) is 3.83. The number of aromatic amines is 1. The van der Waals surface area contributed by atoms with E-state index >= 15 is 0 Å². The molecule has 0 atom stereocenters. The highest BCUT2D eigenvalue weighted by molar-refractivity contribution is 5.97. The molecule has 3 heterocycles. The van der Waals surface area contributed by atoms with Crippen LogP contribution in [0.5, 0.6) is 0 Å². The minimum atomic E-state index is -0.139. The zero-order chi connectivity index (χ0) is 24.9. The maximum Gasteiger partial charge on any atom is 0.253 e. The smallest absolute Gasteiger partial charge is 0.253 e. The predicted molar refractivity (Wildman–Crippen MR) is 140 cm³/mol. The number of carbonyl (C=O) groups is 1. The molecule has 7 nitrogen and oxygen atoms in total. The second-order valence-electron chi connectivity index (χ2n) is 10.0. The number of aryl methyl sites for hydroxylation is 2. The second-order valence-corrected chi connectivity index (χ2v) is 10.0. The van der Waals surface area contributed by atoms with Crippen molar-refractivity contribution in [3.63, 3.8) is 0 Å². The van der Waals surface area contributed by atoms with Gasteiger partial charge in [-0.05, 0) is 101 Å². The summed E-state index contributed by atoms with van der Waals surface area (Å²) in [6, 6.07) is 6.70. The molecule has 2 saturated heterocycles. The first-order valence-corrected chi connectivity index (χ1v) is 13.0. The number of likely N-dealkylation sites (tertiary alicyclic amines) is 1. The highest BCUT2D eigenvalue weighted by atomic mass is 16.5. The molecule has 1 aromatic heterocycles. The molecule has 0 saturated carbocycles. The molecule has 0 bridgehead atoms. The number of pyridine rings is 1. The normalized spacial score (nSPS) is 17.0. The second kappa shape index (κ2) is 11.4. The van der Waals surface area contributed by atoms with E-state index in [1.54, 1.807) is 0 Å². The van der Waals surface area contributed by atoms with E-state index in [-0.39, 0.29) is 18.0 Å². The highest BCUT2D eigenvalue weighted by Gasteiger charge is 2.25. The van der Waals surface area contributed by atoms with Crippen LogP contribution in [0.15, 0.2) is 23.0 Å². The average molecular weight is 481 g/mol. The standard InChI is InChI=1S/C28H40N4O3/c1-5-32(23-8-12-35-13-9-23)26-16-22(18-31-10-6-7-11-31)15-24(21(26)4)27(33)29-17-25-19(2)14-20(3)30-28(25)34/h14-16,23H,5-13,17-18H2,1-4H3,(H,29,33)(H,30,34). The Morgan fingerprint density at radius 3 is 2.51 bits per heavy atom. The van der Waals surface area contributed by atoms with E-state index in [9.17, 15) is 9.59 Å². The summed E-state index contributed by atoms with van der Waals surface area (Å²) in [5.41, 5.74) is 6.19. The van der Waals surface area contributed by atoms with Gasteiger partial charge in [-0.2, -0.15) is 0 Å². The number of hydrogen-bond donors (Lipinski definition) is 2. The molecule has 4 rings (SSSR count). The van der Waals surface area contributed by atoms with Crippen molar-refractivity contribution in [3.05, 3.63) is 62.1 Å². The van der Waals surface area contributed by atoms with Crippen LogP contribution >= 0.6 is 0 Å². The Kier molecular flexibility index (Phi) is 8.29. The summed E-state index contributed by atoms with van der Waals surface area (Å²) >= 11 is 0. The summed E-state index contributed by atoms with van der Waals surface area (Å²) in [6.07, 6.45) is 4.47. The summed E-state index contributed by atoms with van der Waals surface area (Å²) in [5, 5.41) is 3.03. The van der Waals surface area contributed by atoms with Gasteiger partial charge in [-0.25, -0.2) is 0 Å². The molecule has 1 amide bonds. The van der Waals surface area contributed by atoms with Crippen molar-refractivity contribution in [1.29, 1.82) is 0 Å². The maximum atomic E-state index is 13.5. The summed E-state index contributed by atoms with van der Waals surface area (Å²) in [5.74, 6) is -0.130. The SMILES string of the molecule is CCN(c1cc(CN2CCCC2)cc(C(=O)NCc2c(C)cc(C)[nH]c2=O)c1C)C1CCOCC1. The Balaban J connectivity index is 1.64. The number of carbonyl (C=O) groups excluding carboxylic acids is 1. The molecule has 2 aromatic rings. The van der Waals surface area contributed by atoms with Crippen LogP contribution in [0.25, 0.3) is 0 Å².